The summed E-state index contributed by atoms with van der Waals surface area (Å²) in [4.78, 5) is 24.2. The molecule has 0 saturated carbocycles. The molecule has 1 amide bonds. The lowest BCUT2D eigenvalue weighted by atomic mass is 9.76. The molecule has 19 heavy (non-hydrogen) atoms. The molecule has 4 nitrogen and oxygen atoms in total. The van der Waals surface area contributed by atoms with Crippen LogP contribution >= 0.6 is 27.3 Å². The van der Waals surface area contributed by atoms with Gasteiger partial charge >= 0.3 is 5.97 Å². The average molecular weight is 348 g/mol. The zero-order valence-corrected chi connectivity index (χ0v) is 13.6. The summed E-state index contributed by atoms with van der Waals surface area (Å²) in [6.07, 6.45) is -0.00740. The first-order chi connectivity index (χ1) is 8.75. The van der Waals surface area contributed by atoms with Crippen LogP contribution in [0.15, 0.2) is 15.9 Å². The SMILES string of the molecule is CC(C)C(C)(CC(=O)NCc1ccc(Br)s1)C(=O)O. The highest BCUT2D eigenvalue weighted by atomic mass is 79.9. The third-order valence-electron chi connectivity index (χ3n) is 3.38. The Bertz CT molecular complexity index is 472. The number of carbonyl (C=O) groups excluding carboxylic acids is 1. The van der Waals surface area contributed by atoms with Gasteiger partial charge < -0.3 is 10.4 Å². The Kier molecular flexibility index (Phi) is 5.55. The third-order valence-corrected chi connectivity index (χ3v) is 5.00. The first-order valence-corrected chi connectivity index (χ1v) is 7.61. The van der Waals surface area contributed by atoms with Gasteiger partial charge in [0.05, 0.1) is 15.7 Å². The van der Waals surface area contributed by atoms with Gasteiger partial charge in [0.15, 0.2) is 0 Å². The zero-order chi connectivity index (χ0) is 14.6. The van der Waals surface area contributed by atoms with Crippen LogP contribution in [0.3, 0.4) is 0 Å². The van der Waals surface area contributed by atoms with E-state index in [4.69, 9.17) is 0 Å². The standard InChI is InChI=1S/C13H18BrNO3S/c1-8(2)13(3,12(17)18)6-11(16)15-7-9-4-5-10(14)19-9/h4-5,8H,6-7H2,1-3H3,(H,15,16)(H,17,18). The number of hydrogen-bond donors (Lipinski definition) is 2. The summed E-state index contributed by atoms with van der Waals surface area (Å²) in [6.45, 7) is 5.68. The predicted molar refractivity (Wildman–Crippen MR) is 79.1 cm³/mol. The van der Waals surface area contributed by atoms with Crippen LogP contribution < -0.4 is 5.32 Å². The fourth-order valence-corrected chi connectivity index (χ4v) is 2.98. The van der Waals surface area contributed by atoms with E-state index in [-0.39, 0.29) is 18.2 Å². The molecule has 1 aromatic rings. The minimum Gasteiger partial charge on any atom is -0.481 e. The highest BCUT2D eigenvalue weighted by Gasteiger charge is 2.38. The predicted octanol–water partition coefficient (Wildman–Crippen LogP) is 3.26. The summed E-state index contributed by atoms with van der Waals surface area (Å²) in [5, 5.41) is 12.0. The number of rotatable bonds is 6. The van der Waals surface area contributed by atoms with Crippen LogP contribution in [0.4, 0.5) is 0 Å². The van der Waals surface area contributed by atoms with Crippen LogP contribution in [-0.2, 0) is 16.1 Å². The van der Waals surface area contributed by atoms with Crippen molar-refractivity contribution in [3.8, 4) is 0 Å². The second-order valence-electron chi connectivity index (χ2n) is 5.04. The van der Waals surface area contributed by atoms with Crippen molar-refractivity contribution in [2.45, 2.75) is 33.7 Å². The maximum atomic E-state index is 11.9. The Labute approximate surface area is 125 Å². The molecule has 0 aliphatic rings. The molecule has 1 unspecified atom stereocenters. The third kappa shape index (κ3) is 4.31. The zero-order valence-electron chi connectivity index (χ0n) is 11.2. The lowest BCUT2D eigenvalue weighted by molar-refractivity contribution is -0.153. The lowest BCUT2D eigenvalue weighted by Crippen LogP contribution is -2.38. The molecule has 0 aliphatic heterocycles. The van der Waals surface area contributed by atoms with Crippen molar-refractivity contribution in [2.24, 2.45) is 11.3 Å². The number of aliphatic carboxylic acids is 1. The number of hydrogen-bond acceptors (Lipinski definition) is 3. The second-order valence-corrected chi connectivity index (χ2v) is 7.58. The molecule has 0 fully saturated rings. The van der Waals surface area contributed by atoms with Gasteiger partial charge in [-0.25, -0.2) is 0 Å². The van der Waals surface area contributed by atoms with Crippen LogP contribution in [0.1, 0.15) is 32.1 Å². The van der Waals surface area contributed by atoms with Crippen molar-refractivity contribution < 1.29 is 14.7 Å². The molecular weight excluding hydrogens is 330 g/mol. The van der Waals surface area contributed by atoms with E-state index in [1.807, 2.05) is 26.0 Å². The van der Waals surface area contributed by atoms with E-state index >= 15 is 0 Å². The lowest BCUT2D eigenvalue weighted by Gasteiger charge is -2.28. The Morgan fingerprint density at radius 2 is 2.11 bits per heavy atom. The molecule has 0 saturated heterocycles. The van der Waals surface area contributed by atoms with Gasteiger partial charge in [0.25, 0.3) is 0 Å². The molecule has 1 rings (SSSR count). The van der Waals surface area contributed by atoms with Crippen molar-refractivity contribution in [1.29, 1.82) is 0 Å². The topological polar surface area (TPSA) is 66.4 Å². The van der Waals surface area contributed by atoms with Gasteiger partial charge in [0, 0.05) is 11.3 Å². The molecule has 106 valence electrons. The van der Waals surface area contributed by atoms with Crippen molar-refractivity contribution >= 4 is 39.1 Å². The second kappa shape index (κ2) is 6.52. The van der Waals surface area contributed by atoms with Gasteiger partial charge in [-0.3, -0.25) is 9.59 Å². The first kappa shape index (κ1) is 16.2. The fraction of sp³-hybridized carbons (Fsp3) is 0.538. The number of carbonyl (C=O) groups is 2. The van der Waals surface area contributed by atoms with E-state index in [0.29, 0.717) is 6.54 Å². The summed E-state index contributed by atoms with van der Waals surface area (Å²) in [5.41, 5.74) is -1.03. The number of thiophene rings is 1. The van der Waals surface area contributed by atoms with Crippen LogP contribution in [0.25, 0.3) is 0 Å². The number of nitrogens with one attached hydrogen (secondary N) is 1. The van der Waals surface area contributed by atoms with E-state index in [1.165, 1.54) is 0 Å². The molecule has 1 aromatic heterocycles. The van der Waals surface area contributed by atoms with Crippen molar-refractivity contribution in [1.82, 2.24) is 5.32 Å². The number of carboxylic acids is 1. The van der Waals surface area contributed by atoms with Crippen LogP contribution in [-0.4, -0.2) is 17.0 Å². The largest absolute Gasteiger partial charge is 0.481 e. The maximum absolute atomic E-state index is 11.9. The molecule has 1 atom stereocenters. The minimum absolute atomic E-state index is 0.00740. The molecule has 0 spiro atoms. The van der Waals surface area contributed by atoms with Crippen molar-refractivity contribution in [3.05, 3.63) is 20.8 Å². The molecule has 2 N–H and O–H groups in total. The molecule has 0 aromatic carbocycles. The van der Waals surface area contributed by atoms with E-state index in [1.54, 1.807) is 18.3 Å². The van der Waals surface area contributed by atoms with E-state index in [2.05, 4.69) is 21.2 Å². The molecule has 6 heteroatoms. The van der Waals surface area contributed by atoms with E-state index < -0.39 is 11.4 Å². The first-order valence-electron chi connectivity index (χ1n) is 6.00. The summed E-state index contributed by atoms with van der Waals surface area (Å²) in [5.74, 6) is -1.27. The van der Waals surface area contributed by atoms with Crippen LogP contribution in [0, 0.1) is 11.3 Å². The fourth-order valence-electron chi connectivity index (χ4n) is 1.56. The summed E-state index contributed by atoms with van der Waals surface area (Å²) < 4.78 is 1.01. The van der Waals surface area contributed by atoms with Crippen molar-refractivity contribution in [3.63, 3.8) is 0 Å². The average Bonchev–Trinajstić information content (AvgIpc) is 2.72. The molecule has 0 aliphatic carbocycles. The van der Waals surface area contributed by atoms with Crippen molar-refractivity contribution in [2.75, 3.05) is 0 Å². The number of carboxylic acid groups (broad SMARTS) is 1. The summed E-state index contributed by atoms with van der Waals surface area (Å²) in [7, 11) is 0. The molecule has 0 radical (unpaired) electrons. The normalized spacial score (nSPS) is 14.2. The van der Waals surface area contributed by atoms with Crippen LogP contribution in [0.2, 0.25) is 0 Å². The number of halogens is 1. The molecule has 0 bridgehead atoms. The van der Waals surface area contributed by atoms with Gasteiger partial charge in [-0.1, -0.05) is 13.8 Å². The van der Waals surface area contributed by atoms with Gasteiger partial charge in [0.1, 0.15) is 0 Å². The van der Waals surface area contributed by atoms with E-state index in [0.717, 1.165) is 8.66 Å². The highest BCUT2D eigenvalue weighted by molar-refractivity contribution is 9.11. The van der Waals surface area contributed by atoms with Gasteiger partial charge in [-0.2, -0.15) is 0 Å². The summed E-state index contributed by atoms with van der Waals surface area (Å²) in [6, 6.07) is 3.84. The minimum atomic E-state index is -1.03. The Morgan fingerprint density at radius 1 is 1.47 bits per heavy atom. The Balaban J connectivity index is 2.57. The van der Waals surface area contributed by atoms with E-state index in [9.17, 15) is 14.7 Å². The Hall–Kier alpha value is -0.880. The molecule has 1 heterocycles. The maximum Gasteiger partial charge on any atom is 0.310 e. The van der Waals surface area contributed by atoms with Gasteiger partial charge in [-0.05, 0) is 40.9 Å². The molecular formula is C13H18BrNO3S. The number of amides is 1. The monoisotopic (exact) mass is 347 g/mol. The highest BCUT2D eigenvalue weighted by Crippen LogP contribution is 2.31. The smallest absolute Gasteiger partial charge is 0.310 e. The van der Waals surface area contributed by atoms with Gasteiger partial charge in [0.2, 0.25) is 5.91 Å². The Morgan fingerprint density at radius 3 is 2.53 bits per heavy atom. The van der Waals surface area contributed by atoms with Gasteiger partial charge in [-0.15, -0.1) is 11.3 Å². The van der Waals surface area contributed by atoms with Crippen LogP contribution in [0.5, 0.6) is 0 Å². The quantitative estimate of drug-likeness (QED) is 0.829. The summed E-state index contributed by atoms with van der Waals surface area (Å²) >= 11 is 4.90.